The molecule has 3 atom stereocenters. The number of sulfone groups is 1. The topological polar surface area (TPSA) is 67.2 Å². The van der Waals surface area contributed by atoms with E-state index in [4.69, 9.17) is 16.3 Å². The third-order valence-electron chi connectivity index (χ3n) is 4.72. The van der Waals surface area contributed by atoms with Crippen molar-refractivity contribution in [2.24, 2.45) is 5.41 Å². The number of benzene rings is 2. The largest absolute Gasteiger partial charge is 0.380 e. The second kappa shape index (κ2) is 7.32. The summed E-state index contributed by atoms with van der Waals surface area (Å²) in [5.41, 5.74) is -0.278. The van der Waals surface area contributed by atoms with E-state index in [1.54, 1.807) is 12.1 Å². The van der Waals surface area contributed by atoms with Crippen LogP contribution in [0.5, 0.6) is 0 Å². The summed E-state index contributed by atoms with van der Waals surface area (Å²) < 4.78 is 32.9. The minimum absolute atomic E-state index is 0.0816. The fourth-order valence-electron chi connectivity index (χ4n) is 3.38. The second-order valence-corrected chi connectivity index (χ2v) is 9.66. The molecule has 0 saturated heterocycles. The van der Waals surface area contributed by atoms with Crippen LogP contribution in [0.2, 0.25) is 5.02 Å². The molecule has 2 aromatic rings. The van der Waals surface area contributed by atoms with Crippen LogP contribution in [0.15, 0.2) is 57.9 Å². The average molecular weight is 455 g/mol. The Kier molecular flexibility index (Phi) is 5.45. The molecule has 136 valence electrons. The van der Waals surface area contributed by atoms with Crippen molar-refractivity contribution >= 4 is 37.4 Å². The van der Waals surface area contributed by atoms with Gasteiger partial charge in [-0.15, -0.1) is 0 Å². The molecule has 1 aliphatic carbocycles. The fraction of sp³-hybridized carbons (Fsp3) is 0.316. The lowest BCUT2D eigenvalue weighted by Crippen LogP contribution is -2.19. The Morgan fingerprint density at radius 2 is 1.81 bits per heavy atom. The molecule has 0 amide bonds. The fourth-order valence-corrected chi connectivity index (χ4v) is 6.08. The lowest BCUT2D eigenvalue weighted by molar-refractivity contribution is 0.117. The maximum atomic E-state index is 13.2. The van der Waals surface area contributed by atoms with Crippen LogP contribution in [0, 0.1) is 16.7 Å². The number of rotatable bonds is 6. The number of hydrogen-bond donors (Lipinski definition) is 0. The van der Waals surface area contributed by atoms with E-state index in [0.29, 0.717) is 11.6 Å². The summed E-state index contributed by atoms with van der Waals surface area (Å²) >= 11 is 9.26. The van der Waals surface area contributed by atoms with Gasteiger partial charge in [0.25, 0.3) is 0 Å². The first kappa shape index (κ1) is 19.4. The van der Waals surface area contributed by atoms with Gasteiger partial charge in [-0.1, -0.05) is 39.7 Å². The monoisotopic (exact) mass is 453 g/mol. The quantitative estimate of drug-likeness (QED) is 0.640. The SMILES string of the molecule is CCOC[C@]1(C#N)[C@H](c2ccc(Br)cc2)[C@@H]1S(=O)(=O)c1ccc(Cl)cc1. The summed E-state index contributed by atoms with van der Waals surface area (Å²) in [5.74, 6) is -0.437. The number of hydrogen-bond acceptors (Lipinski definition) is 4. The lowest BCUT2D eigenvalue weighted by Gasteiger charge is -2.10. The van der Waals surface area contributed by atoms with Gasteiger partial charge in [-0.25, -0.2) is 8.42 Å². The number of nitrogens with zero attached hydrogens (tertiary/aromatic N) is 1. The number of nitriles is 1. The summed E-state index contributed by atoms with van der Waals surface area (Å²) in [6.07, 6.45) is 0. The molecule has 4 nitrogen and oxygen atoms in total. The summed E-state index contributed by atoms with van der Waals surface area (Å²) in [6, 6.07) is 15.7. The molecule has 0 radical (unpaired) electrons. The van der Waals surface area contributed by atoms with Gasteiger partial charge >= 0.3 is 0 Å². The van der Waals surface area contributed by atoms with Crippen LogP contribution in [0.4, 0.5) is 0 Å². The molecule has 0 N–H and O–H groups in total. The molecule has 7 heteroatoms. The van der Waals surface area contributed by atoms with E-state index in [-0.39, 0.29) is 11.5 Å². The summed E-state index contributed by atoms with van der Waals surface area (Å²) in [6.45, 7) is 2.33. The number of ether oxygens (including phenoxy) is 1. The molecule has 0 aliphatic heterocycles. The molecular formula is C19H17BrClNO3S. The van der Waals surface area contributed by atoms with Crippen LogP contribution in [0.25, 0.3) is 0 Å². The maximum Gasteiger partial charge on any atom is 0.183 e. The highest BCUT2D eigenvalue weighted by Crippen LogP contribution is 2.64. The molecule has 1 aliphatic rings. The van der Waals surface area contributed by atoms with E-state index in [1.807, 2.05) is 31.2 Å². The predicted octanol–water partition coefficient (Wildman–Crippen LogP) is 4.59. The van der Waals surface area contributed by atoms with Crippen molar-refractivity contribution in [1.29, 1.82) is 5.26 Å². The summed E-state index contributed by atoms with van der Waals surface area (Å²) in [7, 11) is -3.71. The minimum atomic E-state index is -3.71. The highest BCUT2D eigenvalue weighted by Gasteiger charge is 2.72. The summed E-state index contributed by atoms with van der Waals surface area (Å²) in [5, 5.41) is 9.48. The third kappa shape index (κ3) is 3.29. The molecule has 2 aromatic carbocycles. The van der Waals surface area contributed by atoms with Crippen LogP contribution in [0.1, 0.15) is 18.4 Å². The molecule has 1 fully saturated rings. The Morgan fingerprint density at radius 3 is 2.35 bits per heavy atom. The van der Waals surface area contributed by atoms with Crippen molar-refractivity contribution in [1.82, 2.24) is 0 Å². The second-order valence-electron chi connectivity index (χ2n) is 6.24. The smallest absolute Gasteiger partial charge is 0.183 e. The Bertz CT molecular complexity index is 938. The van der Waals surface area contributed by atoms with Crippen LogP contribution in [-0.2, 0) is 14.6 Å². The van der Waals surface area contributed by atoms with Gasteiger partial charge in [-0.3, -0.25) is 0 Å². The van der Waals surface area contributed by atoms with E-state index in [2.05, 4.69) is 22.0 Å². The molecular weight excluding hydrogens is 438 g/mol. The van der Waals surface area contributed by atoms with Crippen molar-refractivity contribution in [2.75, 3.05) is 13.2 Å². The van der Waals surface area contributed by atoms with Crippen molar-refractivity contribution in [2.45, 2.75) is 23.0 Å². The minimum Gasteiger partial charge on any atom is -0.380 e. The van der Waals surface area contributed by atoms with Crippen molar-refractivity contribution < 1.29 is 13.2 Å². The van der Waals surface area contributed by atoms with Gasteiger partial charge in [0.05, 0.1) is 22.8 Å². The van der Waals surface area contributed by atoms with Gasteiger partial charge in [-0.05, 0) is 48.9 Å². The first-order chi connectivity index (χ1) is 12.4. The van der Waals surface area contributed by atoms with E-state index in [9.17, 15) is 13.7 Å². The van der Waals surface area contributed by atoms with E-state index in [1.165, 1.54) is 12.1 Å². The zero-order valence-corrected chi connectivity index (χ0v) is 17.2. The molecule has 3 rings (SSSR count). The van der Waals surface area contributed by atoms with E-state index >= 15 is 0 Å². The number of halogens is 2. The van der Waals surface area contributed by atoms with Gasteiger partial charge in [0.1, 0.15) is 5.41 Å². The molecule has 0 aromatic heterocycles. The molecule has 1 saturated carbocycles. The van der Waals surface area contributed by atoms with Crippen molar-refractivity contribution in [3.05, 3.63) is 63.6 Å². The molecule has 0 bridgehead atoms. The first-order valence-corrected chi connectivity index (χ1v) is 10.8. The molecule has 0 unspecified atom stereocenters. The van der Waals surface area contributed by atoms with Crippen LogP contribution >= 0.6 is 27.5 Å². The Labute approximate surface area is 166 Å². The molecule has 26 heavy (non-hydrogen) atoms. The lowest BCUT2D eigenvalue weighted by atomic mass is 10.0. The highest BCUT2D eigenvalue weighted by atomic mass is 79.9. The Hall–Kier alpha value is -1.39. The average Bonchev–Trinajstić information content (AvgIpc) is 3.31. The van der Waals surface area contributed by atoms with Crippen LogP contribution < -0.4 is 0 Å². The van der Waals surface area contributed by atoms with E-state index < -0.39 is 26.4 Å². The standard InChI is InChI=1S/C19H17BrClNO3S/c1-2-25-12-19(11-22)17(13-3-5-14(20)6-4-13)18(19)26(23,24)16-9-7-15(21)8-10-16/h3-10,17-18H,2,12H2,1H3/t17-,18+,19-/m1/s1. The zero-order valence-electron chi connectivity index (χ0n) is 14.0. The van der Waals surface area contributed by atoms with Gasteiger partial charge in [-0.2, -0.15) is 5.26 Å². The Balaban J connectivity index is 2.05. The van der Waals surface area contributed by atoms with Crippen LogP contribution in [0.3, 0.4) is 0 Å². The van der Waals surface area contributed by atoms with Gasteiger partial charge < -0.3 is 4.74 Å². The third-order valence-corrected chi connectivity index (χ3v) is 7.79. The van der Waals surface area contributed by atoms with Gasteiger partial charge in [0.2, 0.25) is 0 Å². The van der Waals surface area contributed by atoms with Gasteiger partial charge in [0, 0.05) is 22.0 Å². The van der Waals surface area contributed by atoms with Crippen molar-refractivity contribution in [3.63, 3.8) is 0 Å². The maximum absolute atomic E-state index is 13.2. The highest BCUT2D eigenvalue weighted by molar-refractivity contribution is 9.10. The molecule has 0 heterocycles. The molecule has 0 spiro atoms. The zero-order chi connectivity index (χ0) is 18.9. The van der Waals surface area contributed by atoms with Crippen LogP contribution in [-0.4, -0.2) is 26.9 Å². The predicted molar refractivity (Wildman–Crippen MR) is 104 cm³/mol. The van der Waals surface area contributed by atoms with E-state index in [0.717, 1.165) is 10.0 Å². The Morgan fingerprint density at radius 1 is 1.19 bits per heavy atom. The van der Waals surface area contributed by atoms with Gasteiger partial charge in [0.15, 0.2) is 9.84 Å². The van der Waals surface area contributed by atoms with Crippen molar-refractivity contribution in [3.8, 4) is 6.07 Å². The summed E-state index contributed by atoms with van der Waals surface area (Å²) in [4.78, 5) is 0.169. The first-order valence-electron chi connectivity index (χ1n) is 8.10. The normalized spacial score (nSPS) is 24.8.